The van der Waals surface area contributed by atoms with Gasteiger partial charge in [-0.25, -0.2) is 8.78 Å². The van der Waals surface area contributed by atoms with E-state index in [0.717, 1.165) is 17.0 Å². The molecule has 36 heavy (non-hydrogen) atoms. The van der Waals surface area contributed by atoms with E-state index >= 15 is 0 Å². The van der Waals surface area contributed by atoms with E-state index in [1.54, 1.807) is 29.6 Å². The molecule has 184 valence electrons. The summed E-state index contributed by atoms with van der Waals surface area (Å²) in [7, 11) is 0. The summed E-state index contributed by atoms with van der Waals surface area (Å²) in [4.78, 5) is 40.7. The molecule has 0 spiro atoms. The Morgan fingerprint density at radius 1 is 0.944 bits per heavy atom. The van der Waals surface area contributed by atoms with E-state index in [0.29, 0.717) is 10.6 Å². The number of carbonyl (C=O) groups excluding carboxylic acids is 3. The molecule has 4 aromatic rings. The maximum Gasteiger partial charge on any atom is 0.261 e. The van der Waals surface area contributed by atoms with Crippen molar-refractivity contribution in [2.75, 3.05) is 11.4 Å². The highest BCUT2D eigenvalue weighted by atomic mass is 32.1. The van der Waals surface area contributed by atoms with Crippen molar-refractivity contribution < 1.29 is 27.6 Å². The van der Waals surface area contributed by atoms with Gasteiger partial charge in [0.15, 0.2) is 0 Å². The minimum Gasteiger partial charge on any atom is -0.467 e. The van der Waals surface area contributed by atoms with Crippen LogP contribution in [0.1, 0.15) is 27.0 Å². The Labute approximate surface area is 209 Å². The lowest BCUT2D eigenvalue weighted by molar-refractivity contribution is -0.126. The molecule has 0 saturated heterocycles. The van der Waals surface area contributed by atoms with Crippen LogP contribution in [0.3, 0.4) is 0 Å². The van der Waals surface area contributed by atoms with Crippen LogP contribution in [0.25, 0.3) is 0 Å². The fourth-order valence-electron chi connectivity index (χ4n) is 3.58. The number of nitrogens with one attached hydrogen (secondary N) is 2. The normalized spacial score (nSPS) is 11.5. The summed E-state index contributed by atoms with van der Waals surface area (Å²) in [6, 6.07) is 15.6. The van der Waals surface area contributed by atoms with E-state index < -0.39 is 41.9 Å². The van der Waals surface area contributed by atoms with Crippen molar-refractivity contribution in [2.45, 2.75) is 12.6 Å². The van der Waals surface area contributed by atoms with Gasteiger partial charge in [-0.3, -0.25) is 19.3 Å². The van der Waals surface area contributed by atoms with Gasteiger partial charge in [-0.05, 0) is 47.8 Å². The maximum atomic E-state index is 15.0. The number of hydrogen-bond acceptors (Lipinski definition) is 5. The highest BCUT2D eigenvalue weighted by Gasteiger charge is 2.35. The van der Waals surface area contributed by atoms with Gasteiger partial charge < -0.3 is 15.1 Å². The number of halogens is 2. The summed E-state index contributed by atoms with van der Waals surface area (Å²) in [6.07, 6.45) is 1.44. The Bertz CT molecular complexity index is 1340. The summed E-state index contributed by atoms with van der Waals surface area (Å²) in [5, 5.41) is 6.87. The molecular formula is C26H21F2N3O4S. The van der Waals surface area contributed by atoms with Gasteiger partial charge in [0.1, 0.15) is 23.4 Å². The molecular weight excluding hydrogens is 488 g/mol. The molecule has 10 heteroatoms. The SMILES string of the molecule is O=C(NCC(=O)N(c1cccc(F)c1)[C@H](C(=O)NCc1ccco1)c1ccccc1F)c1cccs1. The molecule has 0 aliphatic carbocycles. The number of rotatable bonds is 9. The van der Waals surface area contributed by atoms with Gasteiger partial charge in [-0.2, -0.15) is 0 Å². The number of amides is 3. The Balaban J connectivity index is 1.69. The summed E-state index contributed by atoms with van der Waals surface area (Å²) in [6.45, 7) is -0.527. The van der Waals surface area contributed by atoms with Crippen molar-refractivity contribution >= 4 is 34.7 Å². The quantitative estimate of drug-likeness (QED) is 0.349. The van der Waals surface area contributed by atoms with Crippen LogP contribution in [0.5, 0.6) is 0 Å². The van der Waals surface area contributed by atoms with Crippen molar-refractivity contribution in [1.82, 2.24) is 10.6 Å². The molecule has 3 amide bonds. The molecule has 0 bridgehead atoms. The van der Waals surface area contributed by atoms with E-state index in [1.807, 2.05) is 0 Å². The summed E-state index contributed by atoms with van der Waals surface area (Å²) < 4.78 is 34.4. The summed E-state index contributed by atoms with van der Waals surface area (Å²) >= 11 is 1.20. The second kappa shape index (κ2) is 11.4. The van der Waals surface area contributed by atoms with Gasteiger partial charge in [0.05, 0.1) is 24.2 Å². The zero-order valence-corrected chi connectivity index (χ0v) is 19.6. The van der Waals surface area contributed by atoms with Gasteiger partial charge in [0.25, 0.3) is 5.91 Å². The van der Waals surface area contributed by atoms with Crippen LogP contribution >= 0.6 is 11.3 Å². The lowest BCUT2D eigenvalue weighted by Crippen LogP contribution is -2.47. The van der Waals surface area contributed by atoms with Crippen LogP contribution in [0.2, 0.25) is 0 Å². The van der Waals surface area contributed by atoms with Gasteiger partial charge in [-0.1, -0.05) is 30.3 Å². The first-order valence-electron chi connectivity index (χ1n) is 10.9. The minimum atomic E-state index is -1.51. The zero-order valence-electron chi connectivity index (χ0n) is 18.8. The first-order chi connectivity index (χ1) is 17.4. The standard InChI is InChI=1S/C26H21F2N3O4S/c27-17-6-3-7-18(14-17)31(23(32)16-30-25(33)22-11-5-13-36-22)24(20-9-1-2-10-21(20)28)26(34)29-15-19-8-4-12-35-19/h1-14,24H,15-16H2,(H,29,34)(H,30,33)/t24-/m0/s1. The first-order valence-corrected chi connectivity index (χ1v) is 11.8. The highest BCUT2D eigenvalue weighted by molar-refractivity contribution is 7.12. The smallest absolute Gasteiger partial charge is 0.261 e. The molecule has 0 aliphatic rings. The van der Waals surface area contributed by atoms with Crippen molar-refractivity contribution in [1.29, 1.82) is 0 Å². The number of benzene rings is 2. The Kier molecular flexibility index (Phi) is 7.86. The Morgan fingerprint density at radius 2 is 1.78 bits per heavy atom. The Hall–Kier alpha value is -4.31. The van der Waals surface area contributed by atoms with E-state index in [4.69, 9.17) is 4.42 Å². The number of hydrogen-bond donors (Lipinski definition) is 2. The van der Waals surface area contributed by atoms with E-state index in [9.17, 15) is 23.2 Å². The van der Waals surface area contributed by atoms with E-state index in [2.05, 4.69) is 10.6 Å². The van der Waals surface area contributed by atoms with E-state index in [1.165, 1.54) is 54.0 Å². The van der Waals surface area contributed by atoms with Crippen LogP contribution in [0.4, 0.5) is 14.5 Å². The minimum absolute atomic E-state index is 0.0168. The van der Waals surface area contributed by atoms with Gasteiger partial charge in [0.2, 0.25) is 11.8 Å². The lowest BCUT2D eigenvalue weighted by atomic mass is 10.0. The zero-order chi connectivity index (χ0) is 25.5. The van der Waals surface area contributed by atoms with Crippen LogP contribution in [0, 0.1) is 11.6 Å². The van der Waals surface area contributed by atoms with Gasteiger partial charge >= 0.3 is 0 Å². The monoisotopic (exact) mass is 509 g/mol. The number of anilines is 1. The number of furan rings is 1. The molecule has 2 aromatic heterocycles. The number of thiophene rings is 1. The van der Waals surface area contributed by atoms with Gasteiger partial charge in [-0.15, -0.1) is 11.3 Å². The third-order valence-electron chi connectivity index (χ3n) is 5.22. The average Bonchev–Trinajstić information content (AvgIpc) is 3.59. The summed E-state index contributed by atoms with van der Waals surface area (Å²) in [5.74, 6) is -2.89. The number of carbonyl (C=O) groups is 3. The Morgan fingerprint density at radius 3 is 2.47 bits per heavy atom. The third kappa shape index (κ3) is 5.84. The van der Waals surface area contributed by atoms with E-state index in [-0.39, 0.29) is 17.8 Å². The lowest BCUT2D eigenvalue weighted by Gasteiger charge is -2.31. The second-order valence-corrected chi connectivity index (χ2v) is 8.57. The van der Waals surface area contributed by atoms with Crippen LogP contribution in [-0.4, -0.2) is 24.3 Å². The fraction of sp³-hybridized carbons (Fsp3) is 0.115. The fourth-order valence-corrected chi connectivity index (χ4v) is 4.22. The maximum absolute atomic E-state index is 15.0. The van der Waals surface area contributed by atoms with Crippen LogP contribution in [0.15, 0.2) is 88.9 Å². The molecule has 0 radical (unpaired) electrons. The van der Waals surface area contributed by atoms with Crippen molar-refractivity contribution in [3.8, 4) is 0 Å². The topological polar surface area (TPSA) is 91.7 Å². The molecule has 0 fully saturated rings. The van der Waals surface area contributed by atoms with Crippen molar-refractivity contribution in [3.63, 3.8) is 0 Å². The van der Waals surface area contributed by atoms with Crippen molar-refractivity contribution in [2.24, 2.45) is 0 Å². The molecule has 4 rings (SSSR count). The van der Waals surface area contributed by atoms with Crippen molar-refractivity contribution in [3.05, 3.63) is 112 Å². The van der Waals surface area contributed by atoms with Gasteiger partial charge in [0, 0.05) is 11.3 Å². The molecule has 1 atom stereocenters. The average molecular weight is 510 g/mol. The largest absolute Gasteiger partial charge is 0.467 e. The molecule has 0 unspecified atom stereocenters. The predicted octanol–water partition coefficient (Wildman–Crippen LogP) is 4.44. The summed E-state index contributed by atoms with van der Waals surface area (Å²) in [5.41, 5.74) is -0.0802. The molecule has 2 heterocycles. The highest BCUT2D eigenvalue weighted by Crippen LogP contribution is 2.30. The molecule has 2 N–H and O–H groups in total. The number of nitrogens with zero attached hydrogens (tertiary/aromatic N) is 1. The third-order valence-corrected chi connectivity index (χ3v) is 6.09. The predicted molar refractivity (Wildman–Crippen MR) is 130 cm³/mol. The molecule has 7 nitrogen and oxygen atoms in total. The first kappa shape index (κ1) is 24.8. The van der Waals surface area contributed by atoms with Crippen LogP contribution < -0.4 is 15.5 Å². The van der Waals surface area contributed by atoms with Crippen LogP contribution in [-0.2, 0) is 16.1 Å². The molecule has 2 aromatic carbocycles. The molecule has 0 saturated carbocycles. The second-order valence-electron chi connectivity index (χ2n) is 7.62. The molecule has 0 aliphatic heterocycles.